The van der Waals surface area contributed by atoms with Gasteiger partial charge in [0, 0.05) is 38.6 Å². The molecule has 124 valence electrons. The second kappa shape index (κ2) is 7.54. The van der Waals surface area contributed by atoms with Gasteiger partial charge in [-0.2, -0.15) is 0 Å². The number of piperazine rings is 1. The summed E-state index contributed by atoms with van der Waals surface area (Å²) < 4.78 is 0. The maximum Gasteiger partial charge on any atom is 0.253 e. The summed E-state index contributed by atoms with van der Waals surface area (Å²) in [5.74, 6) is -0.179. The van der Waals surface area contributed by atoms with Gasteiger partial charge in [-0.3, -0.25) is 19.6 Å². The molecule has 0 aromatic carbocycles. The minimum absolute atomic E-state index is 0.179. The minimum atomic E-state index is -0.179. The van der Waals surface area contributed by atoms with Crippen molar-refractivity contribution in [3.63, 3.8) is 0 Å². The Morgan fingerprint density at radius 1 is 1.21 bits per heavy atom. The molecule has 2 aromatic rings. The predicted molar refractivity (Wildman–Crippen MR) is 89.5 cm³/mol. The smallest absolute Gasteiger partial charge is 0.253 e. The van der Waals surface area contributed by atoms with E-state index in [2.05, 4.69) is 20.2 Å². The molecule has 7 nitrogen and oxygen atoms in total. The quantitative estimate of drug-likeness (QED) is 0.818. The molecule has 1 aliphatic heterocycles. The fraction of sp³-hybridized carbons (Fsp3) is 0.294. The van der Waals surface area contributed by atoms with Crippen LogP contribution in [0, 0.1) is 0 Å². The van der Waals surface area contributed by atoms with E-state index in [4.69, 9.17) is 0 Å². The number of carbonyl (C=O) groups is 2. The average Bonchev–Trinajstić information content (AvgIpc) is 2.67. The molecule has 1 saturated heterocycles. The number of nitrogens with one attached hydrogen (secondary N) is 1. The van der Waals surface area contributed by atoms with Gasteiger partial charge in [0.15, 0.2) is 0 Å². The van der Waals surface area contributed by atoms with Crippen LogP contribution in [0.3, 0.4) is 0 Å². The molecular formula is C17H19N5O2. The minimum Gasteiger partial charge on any atom is -0.367 e. The molecule has 3 rings (SSSR count). The first-order valence-electron chi connectivity index (χ1n) is 7.84. The molecular weight excluding hydrogens is 306 g/mol. The van der Waals surface area contributed by atoms with Crippen LogP contribution in [0.4, 0.5) is 5.69 Å². The number of carbonyl (C=O) groups excluding carboxylic acids is 2. The third kappa shape index (κ3) is 3.87. The number of rotatable bonds is 5. The van der Waals surface area contributed by atoms with E-state index in [0.717, 1.165) is 30.9 Å². The first-order valence-corrected chi connectivity index (χ1v) is 7.84. The van der Waals surface area contributed by atoms with Gasteiger partial charge in [0.1, 0.15) is 0 Å². The molecule has 1 N–H and O–H groups in total. The largest absolute Gasteiger partial charge is 0.367 e. The fourth-order valence-corrected chi connectivity index (χ4v) is 2.59. The van der Waals surface area contributed by atoms with Crippen molar-refractivity contribution in [2.24, 2.45) is 0 Å². The van der Waals surface area contributed by atoms with Gasteiger partial charge in [-0.15, -0.1) is 0 Å². The van der Waals surface area contributed by atoms with E-state index in [-0.39, 0.29) is 5.91 Å². The second-order valence-electron chi connectivity index (χ2n) is 5.56. The maximum atomic E-state index is 12.3. The SMILES string of the molecule is O=CN1CCN(c2cncc(C(=O)NCc3ccccn3)c2)CC1. The van der Waals surface area contributed by atoms with Crippen molar-refractivity contribution < 1.29 is 9.59 Å². The summed E-state index contributed by atoms with van der Waals surface area (Å²) in [5, 5.41) is 2.85. The maximum absolute atomic E-state index is 12.3. The number of pyridine rings is 2. The lowest BCUT2D eigenvalue weighted by atomic mass is 10.2. The predicted octanol–water partition coefficient (Wildman–Crippen LogP) is 0.685. The molecule has 0 saturated carbocycles. The third-order valence-corrected chi connectivity index (χ3v) is 3.97. The fourth-order valence-electron chi connectivity index (χ4n) is 2.59. The van der Waals surface area contributed by atoms with Gasteiger partial charge in [-0.05, 0) is 18.2 Å². The van der Waals surface area contributed by atoms with Crippen LogP contribution in [0.2, 0.25) is 0 Å². The summed E-state index contributed by atoms with van der Waals surface area (Å²) >= 11 is 0. The zero-order chi connectivity index (χ0) is 16.8. The lowest BCUT2D eigenvalue weighted by Crippen LogP contribution is -2.45. The van der Waals surface area contributed by atoms with Crippen molar-refractivity contribution in [3.05, 3.63) is 54.1 Å². The Hall–Kier alpha value is -2.96. The topological polar surface area (TPSA) is 78.4 Å². The van der Waals surface area contributed by atoms with Crippen molar-refractivity contribution in [2.75, 3.05) is 31.1 Å². The molecule has 0 atom stereocenters. The monoisotopic (exact) mass is 325 g/mol. The van der Waals surface area contributed by atoms with Gasteiger partial charge in [0.25, 0.3) is 5.91 Å². The van der Waals surface area contributed by atoms with Gasteiger partial charge in [0.2, 0.25) is 6.41 Å². The highest BCUT2D eigenvalue weighted by Crippen LogP contribution is 2.16. The summed E-state index contributed by atoms with van der Waals surface area (Å²) in [6.45, 7) is 3.21. The Balaban J connectivity index is 1.62. The number of nitrogens with zero attached hydrogens (tertiary/aromatic N) is 4. The van der Waals surface area contributed by atoms with Crippen molar-refractivity contribution in [3.8, 4) is 0 Å². The Morgan fingerprint density at radius 3 is 2.75 bits per heavy atom. The molecule has 2 aromatic heterocycles. The Labute approximate surface area is 140 Å². The molecule has 3 heterocycles. The molecule has 7 heteroatoms. The second-order valence-corrected chi connectivity index (χ2v) is 5.56. The van der Waals surface area contributed by atoms with Crippen LogP contribution in [-0.4, -0.2) is 53.4 Å². The van der Waals surface area contributed by atoms with Crippen LogP contribution in [0.25, 0.3) is 0 Å². The number of amides is 2. The van der Waals surface area contributed by atoms with Gasteiger partial charge < -0.3 is 15.1 Å². The van der Waals surface area contributed by atoms with E-state index in [0.29, 0.717) is 25.2 Å². The molecule has 0 unspecified atom stereocenters. The molecule has 1 fully saturated rings. The molecule has 0 aliphatic carbocycles. The standard InChI is InChI=1S/C17H19N5O2/c23-13-21-5-7-22(8-6-21)16-9-14(10-18-12-16)17(24)20-11-15-3-1-2-4-19-15/h1-4,9-10,12-13H,5-8,11H2,(H,20,24). The first-order chi connectivity index (χ1) is 11.8. The van der Waals surface area contributed by atoms with E-state index >= 15 is 0 Å². The summed E-state index contributed by atoms with van der Waals surface area (Å²) in [6, 6.07) is 7.41. The zero-order valence-corrected chi connectivity index (χ0v) is 13.3. The number of anilines is 1. The average molecular weight is 325 g/mol. The van der Waals surface area contributed by atoms with Crippen molar-refractivity contribution in [2.45, 2.75) is 6.54 Å². The highest BCUT2D eigenvalue weighted by atomic mass is 16.1. The molecule has 2 amide bonds. The van der Waals surface area contributed by atoms with E-state index in [1.165, 1.54) is 0 Å². The molecule has 24 heavy (non-hydrogen) atoms. The van der Waals surface area contributed by atoms with E-state index in [9.17, 15) is 9.59 Å². The number of aromatic nitrogens is 2. The van der Waals surface area contributed by atoms with Crippen LogP contribution >= 0.6 is 0 Å². The Morgan fingerprint density at radius 2 is 2.04 bits per heavy atom. The highest BCUT2D eigenvalue weighted by Gasteiger charge is 2.17. The van der Waals surface area contributed by atoms with E-state index < -0.39 is 0 Å². The Kier molecular flexibility index (Phi) is 5.00. The first kappa shape index (κ1) is 15.9. The lowest BCUT2D eigenvalue weighted by Gasteiger charge is -2.34. The van der Waals surface area contributed by atoms with E-state index in [1.807, 2.05) is 24.3 Å². The van der Waals surface area contributed by atoms with Crippen LogP contribution < -0.4 is 10.2 Å². The van der Waals surface area contributed by atoms with Crippen LogP contribution in [0.15, 0.2) is 42.9 Å². The van der Waals surface area contributed by atoms with Gasteiger partial charge in [0.05, 0.1) is 29.7 Å². The third-order valence-electron chi connectivity index (χ3n) is 3.97. The van der Waals surface area contributed by atoms with Gasteiger partial charge in [-0.1, -0.05) is 6.07 Å². The molecule has 0 bridgehead atoms. The highest BCUT2D eigenvalue weighted by molar-refractivity contribution is 5.94. The van der Waals surface area contributed by atoms with Gasteiger partial charge in [-0.25, -0.2) is 0 Å². The van der Waals surface area contributed by atoms with Crippen molar-refractivity contribution >= 4 is 18.0 Å². The lowest BCUT2D eigenvalue weighted by molar-refractivity contribution is -0.118. The number of hydrogen-bond donors (Lipinski definition) is 1. The van der Waals surface area contributed by atoms with Crippen LogP contribution in [0.1, 0.15) is 16.1 Å². The zero-order valence-electron chi connectivity index (χ0n) is 13.3. The summed E-state index contributed by atoms with van der Waals surface area (Å²) in [6.07, 6.45) is 5.87. The van der Waals surface area contributed by atoms with Crippen molar-refractivity contribution in [1.82, 2.24) is 20.2 Å². The van der Waals surface area contributed by atoms with Crippen molar-refractivity contribution in [1.29, 1.82) is 0 Å². The number of hydrogen-bond acceptors (Lipinski definition) is 5. The molecule has 0 radical (unpaired) electrons. The summed E-state index contributed by atoms with van der Waals surface area (Å²) in [4.78, 5) is 35.3. The van der Waals surface area contributed by atoms with Crippen LogP contribution in [-0.2, 0) is 11.3 Å². The van der Waals surface area contributed by atoms with E-state index in [1.54, 1.807) is 23.5 Å². The molecule has 1 aliphatic rings. The molecule has 0 spiro atoms. The van der Waals surface area contributed by atoms with Crippen LogP contribution in [0.5, 0.6) is 0 Å². The van der Waals surface area contributed by atoms with Gasteiger partial charge >= 0.3 is 0 Å². The Bertz CT molecular complexity index is 699. The summed E-state index contributed by atoms with van der Waals surface area (Å²) in [7, 11) is 0. The normalized spacial score (nSPS) is 14.3. The summed E-state index contributed by atoms with van der Waals surface area (Å²) in [5.41, 5.74) is 2.22.